The molecule has 0 atom stereocenters. The number of carboxylic acids is 2. The Balaban J connectivity index is 0.000000500. The molecule has 0 saturated carbocycles. The molecule has 11 nitrogen and oxygen atoms in total. The van der Waals surface area contributed by atoms with Crippen LogP contribution in [0, 0.1) is 6.92 Å². The molecule has 0 aliphatic heterocycles. The smallest absolute Gasteiger partial charge is 0.475 e. The van der Waals surface area contributed by atoms with Crippen LogP contribution >= 0.6 is 0 Å². The highest BCUT2D eigenvalue weighted by atomic mass is 32.2. The molecule has 0 saturated heterocycles. The van der Waals surface area contributed by atoms with Crippen molar-refractivity contribution in [2.45, 2.75) is 24.2 Å². The molecule has 0 aliphatic rings. The minimum atomic E-state index is -5.08. The van der Waals surface area contributed by atoms with Crippen molar-refractivity contribution in [2.24, 2.45) is 10.9 Å². The number of pyridine rings is 1. The number of aromatic nitrogens is 1. The predicted molar refractivity (Wildman–Crippen MR) is 167 cm³/mol. The van der Waals surface area contributed by atoms with Crippen molar-refractivity contribution in [1.29, 1.82) is 0 Å². The van der Waals surface area contributed by atoms with Crippen molar-refractivity contribution < 1.29 is 59.4 Å². The number of hydrazone groups is 1. The third-order valence-corrected chi connectivity index (χ3v) is 7.04. The highest BCUT2D eigenvalue weighted by Gasteiger charge is 2.38. The summed E-state index contributed by atoms with van der Waals surface area (Å²) in [6, 6.07) is 24.9. The Morgan fingerprint density at radius 3 is 1.88 bits per heavy atom. The molecule has 1 amide bonds. The summed E-state index contributed by atoms with van der Waals surface area (Å²) in [5, 5.41) is 20.7. The Labute approximate surface area is 274 Å². The lowest BCUT2D eigenvalue weighted by molar-refractivity contribution is -0.193. The van der Waals surface area contributed by atoms with Crippen molar-refractivity contribution in [3.05, 3.63) is 102 Å². The summed E-state index contributed by atoms with van der Waals surface area (Å²) in [4.78, 5) is 35.8. The van der Waals surface area contributed by atoms with E-state index in [1.54, 1.807) is 60.7 Å². The molecule has 4 aromatic rings. The van der Waals surface area contributed by atoms with Gasteiger partial charge in [0.25, 0.3) is 5.91 Å². The van der Waals surface area contributed by atoms with Crippen LogP contribution in [-0.4, -0.2) is 66.3 Å². The lowest BCUT2D eigenvalue weighted by atomic mass is 10.0. The molecule has 18 heteroatoms. The summed E-state index contributed by atoms with van der Waals surface area (Å²) < 4.78 is 87.8. The molecule has 0 bridgehead atoms. The van der Waals surface area contributed by atoms with E-state index in [0.29, 0.717) is 22.5 Å². The number of benzene rings is 3. The van der Waals surface area contributed by atoms with Gasteiger partial charge in [-0.15, -0.1) is 0 Å². The molecule has 0 unspecified atom stereocenters. The molecule has 0 spiro atoms. The fourth-order valence-electron chi connectivity index (χ4n) is 3.77. The van der Waals surface area contributed by atoms with Gasteiger partial charge in [-0.2, -0.15) is 31.4 Å². The van der Waals surface area contributed by atoms with Crippen molar-refractivity contribution in [1.82, 2.24) is 4.98 Å². The van der Waals surface area contributed by atoms with Gasteiger partial charge in [0.15, 0.2) is 9.84 Å². The number of hydrogen-bond acceptors (Lipinski definition) is 8. The maximum Gasteiger partial charge on any atom is 0.490 e. The summed E-state index contributed by atoms with van der Waals surface area (Å²) in [6.07, 6.45) is -7.45. The third kappa shape index (κ3) is 12.1. The SMILES string of the molecule is Cc1ccc(C(=O)Nc2ccc(-c3ccccc3S(C)(=O)=O)cc2)c(-c2cccc(C=NN)c2)n1.O=C(O)C(F)(F)F.O=C(O)C(F)(F)F. The molecule has 0 radical (unpaired) electrons. The Bertz CT molecular complexity index is 1920. The minimum absolute atomic E-state index is 0.258. The van der Waals surface area contributed by atoms with Gasteiger partial charge in [-0.25, -0.2) is 18.0 Å². The maximum atomic E-state index is 13.2. The van der Waals surface area contributed by atoms with E-state index in [0.717, 1.165) is 22.4 Å². The summed E-state index contributed by atoms with van der Waals surface area (Å²) in [6.45, 7) is 1.86. The van der Waals surface area contributed by atoms with Crippen LogP contribution in [0.4, 0.5) is 32.0 Å². The van der Waals surface area contributed by atoms with Gasteiger partial charge in [-0.3, -0.25) is 9.78 Å². The number of anilines is 1. The number of nitrogens with zero attached hydrogens (tertiary/aromatic N) is 2. The van der Waals surface area contributed by atoms with Gasteiger partial charge in [0.1, 0.15) is 0 Å². The molecule has 3 aromatic carbocycles. The number of alkyl halides is 6. The molecule has 49 heavy (non-hydrogen) atoms. The number of halogens is 6. The zero-order valence-electron chi connectivity index (χ0n) is 25.2. The second-order valence-electron chi connectivity index (χ2n) is 9.66. The topological polar surface area (TPSA) is 189 Å². The third-order valence-electron chi connectivity index (χ3n) is 5.89. The summed E-state index contributed by atoms with van der Waals surface area (Å²) in [7, 11) is -3.38. The normalized spacial score (nSPS) is 11.4. The van der Waals surface area contributed by atoms with E-state index in [2.05, 4.69) is 15.4 Å². The van der Waals surface area contributed by atoms with Gasteiger partial charge in [0.2, 0.25) is 0 Å². The number of nitrogens with one attached hydrogen (secondary N) is 1. The number of aliphatic carboxylic acids is 2. The van der Waals surface area contributed by atoms with E-state index in [9.17, 15) is 39.6 Å². The zero-order chi connectivity index (χ0) is 37.2. The van der Waals surface area contributed by atoms with Crippen LogP contribution in [0.15, 0.2) is 94.9 Å². The van der Waals surface area contributed by atoms with Crippen molar-refractivity contribution in [3.63, 3.8) is 0 Å². The molecule has 260 valence electrons. The number of rotatable bonds is 6. The van der Waals surface area contributed by atoms with Crippen LogP contribution in [0.5, 0.6) is 0 Å². The Morgan fingerprint density at radius 1 is 0.816 bits per heavy atom. The number of carboxylic acid groups (broad SMARTS) is 2. The first-order valence-corrected chi connectivity index (χ1v) is 15.2. The largest absolute Gasteiger partial charge is 0.490 e. The van der Waals surface area contributed by atoms with Crippen molar-refractivity contribution >= 4 is 39.6 Å². The van der Waals surface area contributed by atoms with Crippen molar-refractivity contribution in [2.75, 3.05) is 11.6 Å². The Hall–Kier alpha value is -5.78. The van der Waals surface area contributed by atoms with E-state index >= 15 is 0 Å². The summed E-state index contributed by atoms with van der Waals surface area (Å²) in [5.41, 5.74) is 5.24. The van der Waals surface area contributed by atoms with Gasteiger partial charge >= 0.3 is 24.3 Å². The molecular weight excluding hydrogens is 686 g/mol. The highest BCUT2D eigenvalue weighted by Crippen LogP contribution is 2.29. The van der Waals surface area contributed by atoms with E-state index in [-0.39, 0.29) is 10.8 Å². The van der Waals surface area contributed by atoms with Gasteiger partial charge in [0.05, 0.1) is 22.4 Å². The lowest BCUT2D eigenvalue weighted by Crippen LogP contribution is -2.21. The lowest BCUT2D eigenvalue weighted by Gasteiger charge is -2.12. The first-order chi connectivity index (χ1) is 22.6. The molecule has 4 rings (SSSR count). The number of carbonyl (C=O) groups is 3. The summed E-state index contributed by atoms with van der Waals surface area (Å²) >= 11 is 0. The average Bonchev–Trinajstić information content (AvgIpc) is 3.01. The average molecular weight is 713 g/mol. The van der Waals surface area contributed by atoms with E-state index in [1.807, 2.05) is 31.2 Å². The number of carbonyl (C=O) groups excluding carboxylic acids is 1. The van der Waals surface area contributed by atoms with Crippen LogP contribution in [0.3, 0.4) is 0 Å². The first kappa shape index (κ1) is 39.4. The molecule has 1 heterocycles. The van der Waals surface area contributed by atoms with Crippen LogP contribution in [0.2, 0.25) is 0 Å². The van der Waals surface area contributed by atoms with E-state index in [1.165, 1.54) is 12.5 Å². The van der Waals surface area contributed by atoms with Gasteiger partial charge in [0, 0.05) is 28.8 Å². The van der Waals surface area contributed by atoms with E-state index in [4.69, 9.17) is 25.6 Å². The fraction of sp³-hybridized carbons (Fsp3) is 0.129. The van der Waals surface area contributed by atoms with Gasteiger partial charge in [-0.05, 0) is 54.4 Å². The number of sulfone groups is 1. The van der Waals surface area contributed by atoms with E-state index < -0.39 is 34.1 Å². The monoisotopic (exact) mass is 712 g/mol. The van der Waals surface area contributed by atoms with Crippen LogP contribution in [0.25, 0.3) is 22.4 Å². The zero-order valence-corrected chi connectivity index (χ0v) is 26.1. The summed E-state index contributed by atoms with van der Waals surface area (Å²) in [5.74, 6) is -0.550. The van der Waals surface area contributed by atoms with Crippen LogP contribution in [0.1, 0.15) is 21.6 Å². The number of hydrogen-bond donors (Lipinski definition) is 4. The molecule has 5 N–H and O–H groups in total. The predicted octanol–water partition coefficient (Wildman–Crippen LogP) is 5.94. The highest BCUT2D eigenvalue weighted by molar-refractivity contribution is 7.90. The molecule has 0 fully saturated rings. The standard InChI is InChI=1S/C27H24N4O3S.2C2HF3O2/c1-18-10-15-24(26(30-18)21-7-5-6-19(16-21)17-29-28)27(32)31-22-13-11-20(12-14-22)23-8-3-4-9-25(23)35(2,33)34;2*3-2(4,5)1(6)7/h3-17H,28H2,1-2H3,(H,31,32);2*(H,6,7). The van der Waals surface area contributed by atoms with Gasteiger partial charge in [-0.1, -0.05) is 48.5 Å². The fourth-order valence-corrected chi connectivity index (χ4v) is 4.68. The Kier molecular flexibility index (Phi) is 13.2. The minimum Gasteiger partial charge on any atom is -0.475 e. The van der Waals surface area contributed by atoms with Gasteiger partial charge < -0.3 is 21.4 Å². The second-order valence-corrected chi connectivity index (χ2v) is 11.6. The van der Waals surface area contributed by atoms with Crippen LogP contribution in [-0.2, 0) is 19.4 Å². The van der Waals surface area contributed by atoms with Crippen molar-refractivity contribution in [3.8, 4) is 22.4 Å². The molecule has 1 aromatic heterocycles. The number of nitrogens with two attached hydrogens (primary N) is 1. The number of amides is 1. The van der Waals surface area contributed by atoms with Crippen LogP contribution < -0.4 is 11.2 Å². The number of aryl methyl sites for hydroxylation is 1. The Morgan fingerprint density at radius 2 is 1.37 bits per heavy atom. The second kappa shape index (κ2) is 16.4. The molecular formula is C31H26F6N4O7S. The quantitative estimate of drug-likeness (QED) is 0.0812. The maximum absolute atomic E-state index is 13.2. The molecule has 0 aliphatic carbocycles. The first-order valence-electron chi connectivity index (χ1n) is 13.3.